The first kappa shape index (κ1) is 10.0. The summed E-state index contributed by atoms with van der Waals surface area (Å²) in [6.45, 7) is 0.00726. The summed E-state index contributed by atoms with van der Waals surface area (Å²) >= 11 is 0. The van der Waals surface area contributed by atoms with Gasteiger partial charge in [0.2, 0.25) is 0 Å². The van der Waals surface area contributed by atoms with E-state index in [0.717, 1.165) is 12.1 Å². The van der Waals surface area contributed by atoms with E-state index in [4.69, 9.17) is 10.6 Å². The van der Waals surface area contributed by atoms with Crippen molar-refractivity contribution in [2.24, 2.45) is 5.11 Å². The van der Waals surface area contributed by atoms with Crippen molar-refractivity contribution >= 4 is 5.97 Å². The van der Waals surface area contributed by atoms with Crippen molar-refractivity contribution in [1.29, 1.82) is 0 Å². The van der Waals surface area contributed by atoms with E-state index in [2.05, 4.69) is 10.0 Å². The highest BCUT2D eigenvalue weighted by molar-refractivity contribution is 5.87. The Kier molecular flexibility index (Phi) is 3.04. The Labute approximate surface area is 78.4 Å². The molecule has 0 aromatic heterocycles. The van der Waals surface area contributed by atoms with Gasteiger partial charge >= 0.3 is 5.97 Å². The van der Waals surface area contributed by atoms with Crippen molar-refractivity contribution in [3.8, 4) is 0 Å². The van der Waals surface area contributed by atoms with E-state index in [-0.39, 0.29) is 6.54 Å². The molecule has 0 atom stereocenters. The molecule has 1 rings (SSSR count). The van der Waals surface area contributed by atoms with Gasteiger partial charge < -0.3 is 5.11 Å². The maximum atomic E-state index is 13.0. The van der Waals surface area contributed by atoms with Crippen LogP contribution in [0.3, 0.4) is 0 Å². The lowest BCUT2D eigenvalue weighted by molar-refractivity contribution is 0.0692. The van der Waals surface area contributed by atoms with Gasteiger partial charge in [0.25, 0.3) is 0 Å². The highest BCUT2D eigenvalue weighted by Gasteiger charge is 2.09. The topological polar surface area (TPSA) is 86.1 Å². The number of nitrogens with zero attached hydrogens (tertiary/aromatic N) is 3. The zero-order valence-electron chi connectivity index (χ0n) is 7.01. The molecule has 14 heavy (non-hydrogen) atoms. The molecule has 72 valence electrons. The Balaban J connectivity index is 3.00. The zero-order chi connectivity index (χ0) is 10.6. The lowest BCUT2D eigenvalue weighted by Gasteiger charge is -1.99. The highest BCUT2D eigenvalue weighted by atomic mass is 19.1. The lowest BCUT2D eigenvalue weighted by Crippen LogP contribution is -2.00. The Bertz CT molecular complexity index is 413. The van der Waals surface area contributed by atoms with E-state index in [1.165, 1.54) is 6.07 Å². The smallest absolute Gasteiger partial charge is 0.338 e. The fourth-order valence-corrected chi connectivity index (χ4v) is 0.944. The first-order valence-electron chi connectivity index (χ1n) is 3.67. The summed E-state index contributed by atoms with van der Waals surface area (Å²) in [5, 5.41) is 11.7. The average Bonchev–Trinajstić information content (AvgIpc) is 2.14. The molecule has 0 fully saturated rings. The summed E-state index contributed by atoms with van der Waals surface area (Å²) in [6.07, 6.45) is 0. The Morgan fingerprint density at radius 2 is 2.36 bits per heavy atom. The van der Waals surface area contributed by atoms with Gasteiger partial charge in [-0.15, -0.1) is 0 Å². The molecule has 0 bridgehead atoms. The second kappa shape index (κ2) is 4.25. The SMILES string of the molecule is [N-]=[N+]=NCc1ccc(C(=O)O)c(F)c1. The number of benzene rings is 1. The van der Waals surface area contributed by atoms with E-state index >= 15 is 0 Å². The number of carboxylic acids is 1. The minimum absolute atomic E-state index is 0.00726. The Hall–Kier alpha value is -2.07. The van der Waals surface area contributed by atoms with E-state index in [1.807, 2.05) is 0 Å². The van der Waals surface area contributed by atoms with Crippen LogP contribution in [0.5, 0.6) is 0 Å². The molecule has 6 heteroatoms. The van der Waals surface area contributed by atoms with Crippen LogP contribution >= 0.6 is 0 Å². The lowest BCUT2D eigenvalue weighted by atomic mass is 10.1. The first-order chi connectivity index (χ1) is 6.65. The van der Waals surface area contributed by atoms with Gasteiger partial charge in [-0.2, -0.15) is 0 Å². The molecular formula is C8H6FN3O2. The predicted octanol–water partition coefficient (Wildman–Crippen LogP) is 2.33. The largest absolute Gasteiger partial charge is 0.478 e. The fourth-order valence-electron chi connectivity index (χ4n) is 0.944. The van der Waals surface area contributed by atoms with E-state index in [1.54, 1.807) is 0 Å². The predicted molar refractivity (Wildman–Crippen MR) is 46.2 cm³/mol. The summed E-state index contributed by atoms with van der Waals surface area (Å²) in [7, 11) is 0. The van der Waals surface area contributed by atoms with Crippen LogP contribution in [0.2, 0.25) is 0 Å². The molecule has 0 saturated heterocycles. The van der Waals surface area contributed by atoms with Gasteiger partial charge in [0, 0.05) is 4.91 Å². The maximum Gasteiger partial charge on any atom is 0.338 e. The molecule has 0 aliphatic carbocycles. The number of carboxylic acid groups (broad SMARTS) is 1. The van der Waals surface area contributed by atoms with Crippen molar-refractivity contribution < 1.29 is 14.3 Å². The standard InChI is InChI=1S/C8H6FN3O2/c9-7-3-5(4-11-12-10)1-2-6(7)8(13)14/h1-3H,4H2,(H,13,14). The minimum Gasteiger partial charge on any atom is -0.478 e. The number of carbonyl (C=O) groups is 1. The van der Waals surface area contributed by atoms with Gasteiger partial charge in [0.05, 0.1) is 12.1 Å². The third-order valence-electron chi connectivity index (χ3n) is 1.58. The van der Waals surface area contributed by atoms with E-state index in [0.29, 0.717) is 5.56 Å². The van der Waals surface area contributed by atoms with Crippen molar-refractivity contribution in [3.05, 3.63) is 45.6 Å². The van der Waals surface area contributed by atoms with Crippen molar-refractivity contribution in [2.75, 3.05) is 0 Å². The molecule has 0 spiro atoms. The zero-order valence-corrected chi connectivity index (χ0v) is 7.01. The number of hydrogen-bond acceptors (Lipinski definition) is 2. The third-order valence-corrected chi connectivity index (χ3v) is 1.58. The first-order valence-corrected chi connectivity index (χ1v) is 3.67. The normalized spacial score (nSPS) is 9.21. The van der Waals surface area contributed by atoms with Crippen LogP contribution in [0.25, 0.3) is 10.4 Å². The van der Waals surface area contributed by atoms with Crippen LogP contribution in [-0.2, 0) is 6.54 Å². The molecule has 0 radical (unpaired) electrons. The molecule has 1 aromatic rings. The Morgan fingerprint density at radius 3 is 2.86 bits per heavy atom. The molecule has 5 nitrogen and oxygen atoms in total. The second-order valence-electron chi connectivity index (χ2n) is 2.51. The molecule has 0 heterocycles. The third kappa shape index (κ3) is 2.21. The molecule has 0 aliphatic rings. The molecule has 1 N–H and O–H groups in total. The van der Waals surface area contributed by atoms with Gasteiger partial charge in [-0.1, -0.05) is 11.2 Å². The highest BCUT2D eigenvalue weighted by Crippen LogP contribution is 2.11. The number of halogens is 1. The van der Waals surface area contributed by atoms with Crippen LogP contribution in [0, 0.1) is 5.82 Å². The molecular weight excluding hydrogens is 189 g/mol. The van der Waals surface area contributed by atoms with Crippen molar-refractivity contribution in [2.45, 2.75) is 6.54 Å². The molecule has 1 aromatic carbocycles. The van der Waals surface area contributed by atoms with Crippen LogP contribution in [0.4, 0.5) is 4.39 Å². The van der Waals surface area contributed by atoms with Gasteiger partial charge in [-0.25, -0.2) is 9.18 Å². The van der Waals surface area contributed by atoms with Crippen LogP contribution in [0.1, 0.15) is 15.9 Å². The average molecular weight is 195 g/mol. The summed E-state index contributed by atoms with van der Waals surface area (Å²) < 4.78 is 13.0. The number of hydrogen-bond donors (Lipinski definition) is 1. The van der Waals surface area contributed by atoms with Crippen LogP contribution in [0.15, 0.2) is 23.3 Å². The molecule has 0 unspecified atom stereocenters. The second-order valence-corrected chi connectivity index (χ2v) is 2.51. The molecule has 0 aliphatic heterocycles. The number of aromatic carboxylic acids is 1. The fraction of sp³-hybridized carbons (Fsp3) is 0.125. The molecule has 0 saturated carbocycles. The van der Waals surface area contributed by atoms with E-state index < -0.39 is 17.3 Å². The van der Waals surface area contributed by atoms with E-state index in [9.17, 15) is 9.18 Å². The summed E-state index contributed by atoms with van der Waals surface area (Å²) in [5.74, 6) is -2.15. The summed E-state index contributed by atoms with van der Waals surface area (Å²) in [4.78, 5) is 12.9. The van der Waals surface area contributed by atoms with Gasteiger partial charge in [0.15, 0.2) is 0 Å². The molecule has 0 amide bonds. The van der Waals surface area contributed by atoms with Crippen molar-refractivity contribution in [3.63, 3.8) is 0 Å². The van der Waals surface area contributed by atoms with Crippen LogP contribution < -0.4 is 0 Å². The van der Waals surface area contributed by atoms with Crippen molar-refractivity contribution in [1.82, 2.24) is 0 Å². The van der Waals surface area contributed by atoms with Crippen LogP contribution in [-0.4, -0.2) is 11.1 Å². The quantitative estimate of drug-likeness (QED) is 0.455. The number of azide groups is 1. The number of rotatable bonds is 3. The monoisotopic (exact) mass is 195 g/mol. The summed E-state index contributed by atoms with van der Waals surface area (Å²) in [5.41, 5.74) is 8.05. The van der Waals surface area contributed by atoms with Gasteiger partial charge in [-0.05, 0) is 23.2 Å². The van der Waals surface area contributed by atoms with Gasteiger partial charge in [-0.3, -0.25) is 0 Å². The Morgan fingerprint density at radius 1 is 1.64 bits per heavy atom. The summed E-state index contributed by atoms with van der Waals surface area (Å²) in [6, 6.07) is 3.58. The maximum absolute atomic E-state index is 13.0. The van der Waals surface area contributed by atoms with Gasteiger partial charge in [0.1, 0.15) is 5.82 Å². The minimum atomic E-state index is -1.32.